The maximum absolute atomic E-state index is 11.5. The molecule has 7 heteroatoms. The van der Waals surface area contributed by atoms with Crippen molar-refractivity contribution in [2.75, 3.05) is 44.3 Å². The second-order valence-corrected chi connectivity index (χ2v) is 6.41. The first kappa shape index (κ1) is 16.9. The third-order valence-corrected chi connectivity index (χ3v) is 4.88. The Morgan fingerprint density at radius 2 is 2.04 bits per heavy atom. The van der Waals surface area contributed by atoms with Crippen LogP contribution in [-0.4, -0.2) is 61.0 Å². The van der Waals surface area contributed by atoms with E-state index in [-0.39, 0.29) is 16.4 Å². The molecule has 1 aromatic rings. The molecule has 2 heterocycles. The van der Waals surface area contributed by atoms with Crippen molar-refractivity contribution >= 4 is 17.2 Å². The van der Waals surface area contributed by atoms with Crippen molar-refractivity contribution in [1.82, 2.24) is 4.90 Å². The van der Waals surface area contributed by atoms with Crippen LogP contribution in [0.3, 0.4) is 0 Å². The molecule has 0 amide bonds. The molecule has 130 valence electrons. The lowest BCUT2D eigenvalue weighted by Crippen LogP contribution is -2.51. The summed E-state index contributed by atoms with van der Waals surface area (Å²) in [5.74, 6) is -0.158. The predicted octanol–water partition coefficient (Wildman–Crippen LogP) is 2.10. The van der Waals surface area contributed by atoms with E-state index >= 15 is 0 Å². The van der Waals surface area contributed by atoms with Crippen LogP contribution in [0.15, 0.2) is 18.2 Å². The summed E-state index contributed by atoms with van der Waals surface area (Å²) in [5, 5.41) is 11.5. The SMILES string of the molecule is CC(=O)c1ccc(N2CCC[C@H](N3CCOCC3)C2)c([N+](=O)[O-])c1. The molecule has 0 saturated carbocycles. The number of rotatable bonds is 4. The van der Waals surface area contributed by atoms with Crippen molar-refractivity contribution in [3.05, 3.63) is 33.9 Å². The average Bonchev–Trinajstić information content (AvgIpc) is 2.62. The lowest BCUT2D eigenvalue weighted by atomic mass is 10.0. The van der Waals surface area contributed by atoms with E-state index < -0.39 is 0 Å². The summed E-state index contributed by atoms with van der Waals surface area (Å²) in [5.41, 5.74) is 1.01. The minimum absolute atomic E-state index is 0.0188. The fourth-order valence-corrected chi connectivity index (χ4v) is 3.57. The molecule has 3 rings (SSSR count). The zero-order valence-corrected chi connectivity index (χ0v) is 13.9. The maximum atomic E-state index is 11.5. The number of carbonyl (C=O) groups excluding carboxylic acids is 1. The van der Waals surface area contributed by atoms with Gasteiger partial charge in [0.2, 0.25) is 0 Å². The number of benzene rings is 1. The first-order chi connectivity index (χ1) is 11.6. The van der Waals surface area contributed by atoms with Crippen molar-refractivity contribution in [2.45, 2.75) is 25.8 Å². The van der Waals surface area contributed by atoms with Gasteiger partial charge in [0.15, 0.2) is 5.78 Å². The summed E-state index contributed by atoms with van der Waals surface area (Å²) < 4.78 is 5.41. The Balaban J connectivity index is 1.82. The number of ketones is 1. The number of carbonyl (C=O) groups is 1. The standard InChI is InChI=1S/C17H23N3O4/c1-13(21)14-4-5-16(17(11-14)20(22)23)19-6-2-3-15(12-19)18-7-9-24-10-8-18/h4-5,11,15H,2-3,6-10,12H2,1H3/t15-/m0/s1. The minimum Gasteiger partial charge on any atom is -0.379 e. The number of hydrogen-bond acceptors (Lipinski definition) is 6. The Hall–Kier alpha value is -1.99. The minimum atomic E-state index is -0.389. The molecule has 7 nitrogen and oxygen atoms in total. The van der Waals surface area contributed by atoms with Gasteiger partial charge in [0.1, 0.15) is 5.69 Å². The van der Waals surface area contributed by atoms with E-state index in [1.165, 1.54) is 13.0 Å². The number of morpholine rings is 1. The lowest BCUT2D eigenvalue weighted by Gasteiger charge is -2.41. The van der Waals surface area contributed by atoms with Gasteiger partial charge in [-0.05, 0) is 31.9 Å². The Bertz CT molecular complexity index is 628. The van der Waals surface area contributed by atoms with E-state index in [2.05, 4.69) is 9.80 Å². The van der Waals surface area contributed by atoms with Crippen LogP contribution in [0.25, 0.3) is 0 Å². The zero-order valence-electron chi connectivity index (χ0n) is 13.9. The van der Waals surface area contributed by atoms with Crippen LogP contribution in [0.1, 0.15) is 30.1 Å². The van der Waals surface area contributed by atoms with Crippen LogP contribution in [0.2, 0.25) is 0 Å². The number of nitro groups is 1. The van der Waals surface area contributed by atoms with Crippen molar-refractivity contribution in [2.24, 2.45) is 0 Å². The second kappa shape index (κ2) is 7.27. The number of hydrogen-bond donors (Lipinski definition) is 0. The highest BCUT2D eigenvalue weighted by Crippen LogP contribution is 2.32. The summed E-state index contributed by atoms with van der Waals surface area (Å²) in [4.78, 5) is 27.1. The summed E-state index contributed by atoms with van der Waals surface area (Å²) >= 11 is 0. The van der Waals surface area contributed by atoms with E-state index in [9.17, 15) is 14.9 Å². The lowest BCUT2D eigenvalue weighted by molar-refractivity contribution is -0.384. The molecular weight excluding hydrogens is 310 g/mol. The normalized spacial score (nSPS) is 22.4. The molecular formula is C17H23N3O4. The number of piperidine rings is 1. The van der Waals surface area contributed by atoms with Crippen LogP contribution in [0, 0.1) is 10.1 Å². The topological polar surface area (TPSA) is 75.9 Å². The highest BCUT2D eigenvalue weighted by molar-refractivity contribution is 5.95. The molecule has 24 heavy (non-hydrogen) atoms. The number of ether oxygens (including phenoxy) is 1. The second-order valence-electron chi connectivity index (χ2n) is 6.41. The number of anilines is 1. The van der Waals surface area contributed by atoms with E-state index in [0.29, 0.717) is 17.3 Å². The molecule has 1 atom stereocenters. The number of nitro benzene ring substituents is 1. The van der Waals surface area contributed by atoms with Gasteiger partial charge in [-0.1, -0.05) is 0 Å². The fraction of sp³-hybridized carbons (Fsp3) is 0.588. The Morgan fingerprint density at radius 1 is 1.29 bits per heavy atom. The van der Waals surface area contributed by atoms with Crippen molar-refractivity contribution < 1.29 is 14.5 Å². The van der Waals surface area contributed by atoms with E-state index in [4.69, 9.17) is 4.74 Å². The predicted molar refractivity (Wildman–Crippen MR) is 90.7 cm³/mol. The van der Waals surface area contributed by atoms with Gasteiger partial charge in [0.05, 0.1) is 18.1 Å². The fourth-order valence-electron chi connectivity index (χ4n) is 3.57. The highest BCUT2D eigenvalue weighted by Gasteiger charge is 2.29. The van der Waals surface area contributed by atoms with Crippen molar-refractivity contribution in [3.63, 3.8) is 0 Å². The third-order valence-electron chi connectivity index (χ3n) is 4.88. The van der Waals surface area contributed by atoms with E-state index in [1.807, 2.05) is 0 Å². The summed E-state index contributed by atoms with van der Waals surface area (Å²) in [7, 11) is 0. The Morgan fingerprint density at radius 3 is 2.71 bits per heavy atom. The molecule has 0 unspecified atom stereocenters. The quantitative estimate of drug-likeness (QED) is 0.477. The molecule has 2 aliphatic rings. The van der Waals surface area contributed by atoms with Crippen molar-refractivity contribution in [1.29, 1.82) is 0 Å². The van der Waals surface area contributed by atoms with Crippen molar-refractivity contribution in [3.8, 4) is 0 Å². The smallest absolute Gasteiger partial charge is 0.293 e. The van der Waals surface area contributed by atoms with Gasteiger partial charge in [-0.25, -0.2) is 0 Å². The van der Waals surface area contributed by atoms with Gasteiger partial charge in [-0.15, -0.1) is 0 Å². The van der Waals surface area contributed by atoms with Gasteiger partial charge in [0, 0.05) is 43.9 Å². The molecule has 0 aromatic heterocycles. The molecule has 2 saturated heterocycles. The molecule has 0 aliphatic carbocycles. The highest BCUT2D eigenvalue weighted by atomic mass is 16.6. The molecule has 0 spiro atoms. The van der Waals surface area contributed by atoms with Crippen LogP contribution in [-0.2, 0) is 4.74 Å². The van der Waals surface area contributed by atoms with Crippen LogP contribution < -0.4 is 4.90 Å². The number of Topliss-reactive ketones (excluding diaryl/α,β-unsaturated/α-hetero) is 1. The monoisotopic (exact) mass is 333 g/mol. The molecule has 1 aromatic carbocycles. The summed E-state index contributed by atoms with van der Waals surface area (Å²) in [6.45, 7) is 6.36. The van der Waals surface area contributed by atoms with Gasteiger partial charge < -0.3 is 9.64 Å². The number of nitrogens with zero attached hydrogens (tertiary/aromatic N) is 3. The molecule has 0 N–H and O–H groups in total. The average molecular weight is 333 g/mol. The Kier molecular flexibility index (Phi) is 5.11. The van der Waals surface area contributed by atoms with Crippen LogP contribution >= 0.6 is 0 Å². The first-order valence-corrected chi connectivity index (χ1v) is 8.42. The summed E-state index contributed by atoms with van der Waals surface area (Å²) in [6.07, 6.45) is 2.11. The van der Waals surface area contributed by atoms with Gasteiger partial charge in [-0.3, -0.25) is 19.8 Å². The largest absolute Gasteiger partial charge is 0.379 e. The van der Waals surface area contributed by atoms with Gasteiger partial charge in [-0.2, -0.15) is 0 Å². The molecule has 0 bridgehead atoms. The molecule has 0 radical (unpaired) electrons. The van der Waals surface area contributed by atoms with Gasteiger partial charge in [0.25, 0.3) is 5.69 Å². The Labute approximate surface area is 141 Å². The van der Waals surface area contributed by atoms with E-state index in [1.54, 1.807) is 12.1 Å². The van der Waals surface area contributed by atoms with Crippen LogP contribution in [0.5, 0.6) is 0 Å². The third kappa shape index (κ3) is 3.57. The maximum Gasteiger partial charge on any atom is 0.293 e. The van der Waals surface area contributed by atoms with Crippen LogP contribution in [0.4, 0.5) is 11.4 Å². The first-order valence-electron chi connectivity index (χ1n) is 8.42. The zero-order chi connectivity index (χ0) is 17.1. The molecule has 2 aliphatic heterocycles. The summed E-state index contributed by atoms with van der Waals surface area (Å²) in [6, 6.07) is 5.20. The van der Waals surface area contributed by atoms with Gasteiger partial charge >= 0.3 is 0 Å². The molecule has 2 fully saturated rings. The van der Waals surface area contributed by atoms with E-state index in [0.717, 1.165) is 52.2 Å².